The van der Waals surface area contributed by atoms with E-state index in [2.05, 4.69) is 6.58 Å². The van der Waals surface area contributed by atoms with Crippen molar-refractivity contribution in [2.24, 2.45) is 5.73 Å². The van der Waals surface area contributed by atoms with Gasteiger partial charge in [-0.1, -0.05) is 12.1 Å². The van der Waals surface area contributed by atoms with E-state index in [1.807, 2.05) is 0 Å². The van der Waals surface area contributed by atoms with E-state index in [1.54, 1.807) is 6.08 Å². The van der Waals surface area contributed by atoms with Crippen LogP contribution < -0.4 is 5.73 Å². The Morgan fingerprint density at radius 1 is 1.38 bits per heavy atom. The molecule has 13 heavy (non-hydrogen) atoms. The molecular weight excluding hydrogens is 172 g/mol. The van der Waals surface area contributed by atoms with Gasteiger partial charge in [0.25, 0.3) is 0 Å². The first-order valence-electron chi connectivity index (χ1n) is 3.96. The molecule has 1 rings (SSSR count). The Balaban J connectivity index is 2.89. The zero-order valence-corrected chi connectivity index (χ0v) is 7.13. The molecule has 1 atom stereocenters. The highest BCUT2D eigenvalue weighted by atomic mass is 19.2. The Labute approximate surface area is 75.9 Å². The van der Waals surface area contributed by atoms with Gasteiger partial charge < -0.3 is 5.73 Å². The van der Waals surface area contributed by atoms with Crippen LogP contribution in [0.4, 0.5) is 8.78 Å². The molecule has 1 nitrogen and oxygen atoms in total. The SMILES string of the molecule is C=CCC(N)c1ccc(F)c(F)c1. The summed E-state index contributed by atoms with van der Waals surface area (Å²) in [5.74, 6) is -1.72. The van der Waals surface area contributed by atoms with Crippen molar-refractivity contribution in [3.63, 3.8) is 0 Å². The number of hydrogen-bond acceptors (Lipinski definition) is 1. The van der Waals surface area contributed by atoms with Gasteiger partial charge in [0, 0.05) is 6.04 Å². The lowest BCUT2D eigenvalue weighted by Crippen LogP contribution is -2.09. The molecule has 1 aromatic carbocycles. The molecule has 3 heteroatoms. The highest BCUT2D eigenvalue weighted by Gasteiger charge is 2.07. The summed E-state index contributed by atoms with van der Waals surface area (Å²) in [4.78, 5) is 0. The van der Waals surface area contributed by atoms with Crippen LogP contribution in [-0.4, -0.2) is 0 Å². The summed E-state index contributed by atoms with van der Waals surface area (Å²) in [7, 11) is 0. The maximum atomic E-state index is 12.7. The van der Waals surface area contributed by atoms with Gasteiger partial charge in [-0.3, -0.25) is 0 Å². The van der Waals surface area contributed by atoms with Gasteiger partial charge in [0.1, 0.15) is 0 Å². The number of halogens is 2. The van der Waals surface area contributed by atoms with Gasteiger partial charge >= 0.3 is 0 Å². The average molecular weight is 183 g/mol. The fourth-order valence-corrected chi connectivity index (χ4v) is 1.06. The molecule has 0 saturated heterocycles. The molecule has 0 aromatic heterocycles. The smallest absolute Gasteiger partial charge is 0.159 e. The number of benzene rings is 1. The first kappa shape index (κ1) is 9.86. The molecule has 0 aliphatic carbocycles. The van der Waals surface area contributed by atoms with Crippen LogP contribution in [-0.2, 0) is 0 Å². The van der Waals surface area contributed by atoms with Crippen molar-refractivity contribution in [3.05, 3.63) is 48.1 Å². The van der Waals surface area contributed by atoms with E-state index in [0.29, 0.717) is 12.0 Å². The van der Waals surface area contributed by atoms with Crippen LogP contribution in [0.2, 0.25) is 0 Å². The minimum atomic E-state index is -0.864. The van der Waals surface area contributed by atoms with Crippen LogP contribution >= 0.6 is 0 Å². The van der Waals surface area contributed by atoms with Crippen LogP contribution in [0.3, 0.4) is 0 Å². The standard InChI is InChI=1S/C10H11F2N/c1-2-3-10(13)7-4-5-8(11)9(12)6-7/h2,4-6,10H,1,3,13H2. The predicted octanol–water partition coefficient (Wildman–Crippen LogP) is 2.54. The molecule has 70 valence electrons. The molecule has 0 amide bonds. The highest BCUT2D eigenvalue weighted by Crippen LogP contribution is 2.16. The summed E-state index contributed by atoms with van der Waals surface area (Å²) in [6.07, 6.45) is 2.19. The normalized spacial score (nSPS) is 12.5. The minimum Gasteiger partial charge on any atom is -0.324 e. The average Bonchev–Trinajstić information content (AvgIpc) is 2.10. The molecule has 0 fully saturated rings. The van der Waals surface area contributed by atoms with E-state index >= 15 is 0 Å². The summed E-state index contributed by atoms with van der Waals surface area (Å²) < 4.78 is 25.2. The van der Waals surface area contributed by atoms with Gasteiger partial charge in [-0.25, -0.2) is 8.78 Å². The largest absolute Gasteiger partial charge is 0.324 e. The second-order valence-corrected chi connectivity index (χ2v) is 2.80. The molecule has 0 spiro atoms. The molecule has 1 unspecified atom stereocenters. The molecule has 0 saturated carbocycles. The third kappa shape index (κ3) is 2.36. The van der Waals surface area contributed by atoms with Crippen molar-refractivity contribution in [2.45, 2.75) is 12.5 Å². The third-order valence-electron chi connectivity index (χ3n) is 1.79. The first-order chi connectivity index (χ1) is 6.15. The Morgan fingerprint density at radius 2 is 2.08 bits per heavy atom. The van der Waals surface area contributed by atoms with Gasteiger partial charge in [0.15, 0.2) is 11.6 Å². The molecule has 0 heterocycles. The summed E-state index contributed by atoms with van der Waals surface area (Å²) in [5.41, 5.74) is 6.25. The summed E-state index contributed by atoms with van der Waals surface area (Å²) in [5, 5.41) is 0. The topological polar surface area (TPSA) is 26.0 Å². The second-order valence-electron chi connectivity index (χ2n) is 2.80. The molecule has 0 aliphatic heterocycles. The van der Waals surface area contributed by atoms with E-state index in [-0.39, 0.29) is 6.04 Å². The van der Waals surface area contributed by atoms with Crippen LogP contribution in [0.25, 0.3) is 0 Å². The van der Waals surface area contributed by atoms with Crippen molar-refractivity contribution in [1.29, 1.82) is 0 Å². The Morgan fingerprint density at radius 3 is 2.62 bits per heavy atom. The van der Waals surface area contributed by atoms with E-state index in [9.17, 15) is 8.78 Å². The van der Waals surface area contributed by atoms with Crippen LogP contribution in [0.15, 0.2) is 30.9 Å². The monoisotopic (exact) mass is 183 g/mol. The minimum absolute atomic E-state index is 0.312. The fraction of sp³-hybridized carbons (Fsp3) is 0.200. The van der Waals surface area contributed by atoms with Gasteiger partial charge in [-0.05, 0) is 24.1 Å². The van der Waals surface area contributed by atoms with Crippen LogP contribution in [0.5, 0.6) is 0 Å². The quantitative estimate of drug-likeness (QED) is 0.716. The van der Waals surface area contributed by atoms with Crippen molar-refractivity contribution >= 4 is 0 Å². The fourth-order valence-electron chi connectivity index (χ4n) is 1.06. The Hall–Kier alpha value is -1.22. The predicted molar refractivity (Wildman–Crippen MR) is 48.1 cm³/mol. The third-order valence-corrected chi connectivity index (χ3v) is 1.79. The summed E-state index contributed by atoms with van der Waals surface area (Å²) >= 11 is 0. The second kappa shape index (κ2) is 4.14. The van der Waals surface area contributed by atoms with Crippen molar-refractivity contribution in [3.8, 4) is 0 Å². The highest BCUT2D eigenvalue weighted by molar-refractivity contribution is 5.21. The van der Waals surface area contributed by atoms with Gasteiger partial charge in [-0.2, -0.15) is 0 Å². The molecule has 0 bridgehead atoms. The first-order valence-corrected chi connectivity index (χ1v) is 3.96. The maximum Gasteiger partial charge on any atom is 0.159 e. The van der Waals surface area contributed by atoms with Crippen LogP contribution in [0.1, 0.15) is 18.0 Å². The lowest BCUT2D eigenvalue weighted by molar-refractivity contribution is 0.505. The lowest BCUT2D eigenvalue weighted by Gasteiger charge is -2.08. The zero-order valence-electron chi connectivity index (χ0n) is 7.13. The maximum absolute atomic E-state index is 12.7. The van der Waals surface area contributed by atoms with Crippen LogP contribution in [0, 0.1) is 11.6 Å². The lowest BCUT2D eigenvalue weighted by atomic mass is 10.0. The summed E-state index contributed by atoms with van der Waals surface area (Å²) in [6.45, 7) is 3.52. The molecule has 0 radical (unpaired) electrons. The molecule has 1 aromatic rings. The number of nitrogens with two attached hydrogens (primary N) is 1. The van der Waals surface area contributed by atoms with E-state index in [1.165, 1.54) is 6.07 Å². The molecule has 2 N–H and O–H groups in total. The van der Waals surface area contributed by atoms with E-state index < -0.39 is 11.6 Å². The van der Waals surface area contributed by atoms with Crippen molar-refractivity contribution in [2.75, 3.05) is 0 Å². The zero-order chi connectivity index (χ0) is 9.84. The van der Waals surface area contributed by atoms with Crippen molar-refractivity contribution in [1.82, 2.24) is 0 Å². The molecular formula is C10H11F2N. The van der Waals surface area contributed by atoms with Crippen molar-refractivity contribution < 1.29 is 8.78 Å². The number of rotatable bonds is 3. The molecule has 0 aliphatic rings. The van der Waals surface area contributed by atoms with Gasteiger partial charge in [0.05, 0.1) is 0 Å². The Bertz CT molecular complexity index is 310. The Kier molecular flexibility index (Phi) is 3.14. The van der Waals surface area contributed by atoms with Gasteiger partial charge in [-0.15, -0.1) is 6.58 Å². The van der Waals surface area contributed by atoms with E-state index in [0.717, 1.165) is 12.1 Å². The van der Waals surface area contributed by atoms with E-state index in [4.69, 9.17) is 5.73 Å². The summed E-state index contributed by atoms with van der Waals surface area (Å²) in [6, 6.07) is 3.36. The van der Waals surface area contributed by atoms with Gasteiger partial charge in [0.2, 0.25) is 0 Å². The number of hydrogen-bond donors (Lipinski definition) is 1.